The molecule has 0 aliphatic heterocycles. The minimum Gasteiger partial charge on any atom is -0.356 e. The number of nitrogens with one attached hydrogen (secondary N) is 2. The average Bonchev–Trinajstić information content (AvgIpc) is 2.87. The smallest absolute Gasteiger partial charge is 0.272 e. The van der Waals surface area contributed by atoms with Gasteiger partial charge in [0.1, 0.15) is 5.69 Å². The van der Waals surface area contributed by atoms with E-state index in [-0.39, 0.29) is 5.91 Å². The summed E-state index contributed by atoms with van der Waals surface area (Å²) in [6.45, 7) is 2.74. The molecule has 0 spiro atoms. The molecule has 1 amide bonds. The Morgan fingerprint density at radius 3 is 3.06 bits per heavy atom. The van der Waals surface area contributed by atoms with Crippen LogP contribution in [0.25, 0.3) is 0 Å². The zero-order valence-electron chi connectivity index (χ0n) is 8.70. The predicted octanol–water partition coefficient (Wildman–Crippen LogP) is 2.14. The standard InChI is InChI=1S/C10H11ClN4O/c1-2-15-6-8(5-13-15)14-10(16)9-3-7(11)4-12-9/h3-6,12H,2H2,1H3,(H,14,16). The first-order valence-corrected chi connectivity index (χ1v) is 5.24. The third-order valence-electron chi connectivity index (χ3n) is 2.11. The maximum absolute atomic E-state index is 11.7. The van der Waals surface area contributed by atoms with Crippen molar-refractivity contribution in [2.75, 3.05) is 5.32 Å². The second-order valence-electron chi connectivity index (χ2n) is 3.27. The maximum Gasteiger partial charge on any atom is 0.272 e. The number of nitrogens with zero attached hydrogens (tertiary/aromatic N) is 2. The molecular weight excluding hydrogens is 228 g/mol. The van der Waals surface area contributed by atoms with Crippen LogP contribution in [0.1, 0.15) is 17.4 Å². The van der Waals surface area contributed by atoms with E-state index in [0.29, 0.717) is 16.4 Å². The normalized spacial score (nSPS) is 10.4. The molecule has 0 aliphatic rings. The molecule has 2 heterocycles. The topological polar surface area (TPSA) is 62.7 Å². The fraction of sp³-hybridized carbons (Fsp3) is 0.200. The van der Waals surface area contributed by atoms with Gasteiger partial charge in [0.2, 0.25) is 0 Å². The minimum absolute atomic E-state index is 0.234. The molecule has 0 aromatic carbocycles. The number of H-pyrrole nitrogens is 1. The van der Waals surface area contributed by atoms with Gasteiger partial charge >= 0.3 is 0 Å². The summed E-state index contributed by atoms with van der Waals surface area (Å²) in [7, 11) is 0. The second kappa shape index (κ2) is 4.40. The minimum atomic E-state index is -0.234. The van der Waals surface area contributed by atoms with E-state index in [0.717, 1.165) is 6.54 Å². The molecule has 0 saturated carbocycles. The van der Waals surface area contributed by atoms with Gasteiger partial charge in [-0.05, 0) is 13.0 Å². The van der Waals surface area contributed by atoms with E-state index >= 15 is 0 Å². The number of hydrogen-bond donors (Lipinski definition) is 2. The van der Waals surface area contributed by atoms with Crippen LogP contribution in [0.4, 0.5) is 5.69 Å². The summed E-state index contributed by atoms with van der Waals surface area (Å²) >= 11 is 5.71. The van der Waals surface area contributed by atoms with Gasteiger partial charge in [-0.3, -0.25) is 9.48 Å². The molecule has 0 unspecified atom stereocenters. The summed E-state index contributed by atoms with van der Waals surface area (Å²) in [6, 6.07) is 1.57. The quantitative estimate of drug-likeness (QED) is 0.861. The summed E-state index contributed by atoms with van der Waals surface area (Å²) in [5.74, 6) is -0.234. The van der Waals surface area contributed by atoms with Crippen LogP contribution in [0, 0.1) is 0 Å². The predicted molar refractivity (Wildman–Crippen MR) is 61.7 cm³/mol. The van der Waals surface area contributed by atoms with Gasteiger partial charge in [-0.1, -0.05) is 11.6 Å². The number of aromatic nitrogens is 3. The number of aromatic amines is 1. The number of rotatable bonds is 3. The molecule has 2 aromatic heterocycles. The maximum atomic E-state index is 11.7. The van der Waals surface area contributed by atoms with E-state index < -0.39 is 0 Å². The third-order valence-corrected chi connectivity index (χ3v) is 2.33. The zero-order chi connectivity index (χ0) is 11.5. The van der Waals surface area contributed by atoms with Crippen molar-refractivity contribution in [2.24, 2.45) is 0 Å². The lowest BCUT2D eigenvalue weighted by Gasteiger charge is -1.98. The third kappa shape index (κ3) is 2.25. The average molecular weight is 239 g/mol. The number of hydrogen-bond acceptors (Lipinski definition) is 2. The van der Waals surface area contributed by atoms with Crippen molar-refractivity contribution in [1.82, 2.24) is 14.8 Å². The van der Waals surface area contributed by atoms with Crippen LogP contribution in [-0.2, 0) is 6.54 Å². The molecule has 0 bridgehead atoms. The lowest BCUT2D eigenvalue weighted by molar-refractivity contribution is 0.102. The van der Waals surface area contributed by atoms with Crippen molar-refractivity contribution in [3.05, 3.63) is 35.4 Å². The van der Waals surface area contributed by atoms with Crippen LogP contribution in [-0.4, -0.2) is 20.7 Å². The Kier molecular flexibility index (Phi) is 2.96. The van der Waals surface area contributed by atoms with Crippen molar-refractivity contribution in [3.63, 3.8) is 0 Å². The Morgan fingerprint density at radius 2 is 2.50 bits per heavy atom. The lowest BCUT2D eigenvalue weighted by atomic mass is 10.4. The van der Waals surface area contributed by atoms with Gasteiger partial charge in [-0.2, -0.15) is 5.10 Å². The Balaban J connectivity index is 2.07. The summed E-state index contributed by atoms with van der Waals surface area (Å²) in [5.41, 5.74) is 1.09. The van der Waals surface area contributed by atoms with Crippen molar-refractivity contribution >= 4 is 23.2 Å². The van der Waals surface area contributed by atoms with Crippen LogP contribution >= 0.6 is 11.6 Å². The molecule has 6 heteroatoms. The fourth-order valence-electron chi connectivity index (χ4n) is 1.30. The first-order valence-electron chi connectivity index (χ1n) is 4.86. The van der Waals surface area contributed by atoms with Crippen molar-refractivity contribution in [1.29, 1.82) is 0 Å². The van der Waals surface area contributed by atoms with Gasteiger partial charge in [0.05, 0.1) is 16.9 Å². The fourth-order valence-corrected chi connectivity index (χ4v) is 1.46. The van der Waals surface area contributed by atoms with Crippen LogP contribution in [0.5, 0.6) is 0 Å². The number of amides is 1. The van der Waals surface area contributed by atoms with E-state index in [1.54, 1.807) is 29.3 Å². The molecule has 84 valence electrons. The van der Waals surface area contributed by atoms with E-state index in [4.69, 9.17) is 11.6 Å². The first-order chi connectivity index (χ1) is 7.69. The first kappa shape index (κ1) is 10.8. The van der Waals surface area contributed by atoms with Crippen molar-refractivity contribution < 1.29 is 4.79 Å². The van der Waals surface area contributed by atoms with E-state index in [1.807, 2.05) is 6.92 Å². The molecule has 0 atom stereocenters. The van der Waals surface area contributed by atoms with Crippen LogP contribution in [0.15, 0.2) is 24.7 Å². The molecule has 5 nitrogen and oxygen atoms in total. The molecule has 0 radical (unpaired) electrons. The monoisotopic (exact) mass is 238 g/mol. The number of halogens is 1. The van der Waals surface area contributed by atoms with Gasteiger partial charge in [-0.15, -0.1) is 0 Å². The zero-order valence-corrected chi connectivity index (χ0v) is 9.45. The highest BCUT2D eigenvalue weighted by Gasteiger charge is 2.09. The summed E-state index contributed by atoms with van der Waals surface area (Å²) in [6.07, 6.45) is 4.93. The molecule has 0 saturated heterocycles. The number of carbonyl (C=O) groups is 1. The summed E-state index contributed by atoms with van der Waals surface area (Å²) < 4.78 is 1.73. The van der Waals surface area contributed by atoms with Gasteiger partial charge in [0.25, 0.3) is 5.91 Å². The highest BCUT2D eigenvalue weighted by molar-refractivity contribution is 6.31. The largest absolute Gasteiger partial charge is 0.356 e. The van der Waals surface area contributed by atoms with E-state index in [2.05, 4.69) is 15.4 Å². The van der Waals surface area contributed by atoms with Crippen LogP contribution in [0.2, 0.25) is 5.02 Å². The lowest BCUT2D eigenvalue weighted by Crippen LogP contribution is -2.11. The molecule has 0 aliphatic carbocycles. The molecule has 2 aromatic rings. The van der Waals surface area contributed by atoms with Gasteiger partial charge < -0.3 is 10.3 Å². The van der Waals surface area contributed by atoms with E-state index in [9.17, 15) is 4.79 Å². The Bertz CT molecular complexity index is 502. The van der Waals surface area contributed by atoms with Crippen molar-refractivity contribution in [3.8, 4) is 0 Å². The van der Waals surface area contributed by atoms with E-state index in [1.165, 1.54) is 0 Å². The second-order valence-corrected chi connectivity index (χ2v) is 3.71. The summed E-state index contributed by atoms with van der Waals surface area (Å²) in [4.78, 5) is 14.5. The van der Waals surface area contributed by atoms with Gasteiger partial charge in [-0.25, -0.2) is 0 Å². The number of carbonyl (C=O) groups excluding carboxylic acids is 1. The Morgan fingerprint density at radius 1 is 1.69 bits per heavy atom. The highest BCUT2D eigenvalue weighted by Crippen LogP contribution is 2.12. The molecule has 16 heavy (non-hydrogen) atoms. The number of aryl methyl sites for hydroxylation is 1. The molecule has 0 fully saturated rings. The molecule has 2 N–H and O–H groups in total. The Labute approximate surface area is 97.4 Å². The molecular formula is C10H11ClN4O. The SMILES string of the molecule is CCn1cc(NC(=O)c2cc(Cl)c[nH]2)cn1. The molecule has 2 rings (SSSR count). The van der Waals surface area contributed by atoms with Gasteiger partial charge in [0, 0.05) is 18.9 Å². The van der Waals surface area contributed by atoms with Gasteiger partial charge in [0.15, 0.2) is 0 Å². The number of anilines is 1. The van der Waals surface area contributed by atoms with Crippen LogP contribution in [0.3, 0.4) is 0 Å². The Hall–Kier alpha value is -1.75. The van der Waals surface area contributed by atoms with Crippen molar-refractivity contribution in [2.45, 2.75) is 13.5 Å². The van der Waals surface area contributed by atoms with Crippen LogP contribution < -0.4 is 5.32 Å². The summed E-state index contributed by atoms with van der Waals surface area (Å²) in [5, 5.41) is 7.28. The highest BCUT2D eigenvalue weighted by atomic mass is 35.5.